The van der Waals surface area contributed by atoms with Crippen LogP contribution in [-0.2, 0) is 18.9 Å². The smallest absolute Gasteiger partial charge is 0.164 e. The van der Waals surface area contributed by atoms with Crippen LogP contribution in [0, 0.1) is 5.92 Å². The second kappa shape index (κ2) is 8.01. The fraction of sp³-hybridized carbons (Fsp3) is 1.00. The van der Waals surface area contributed by atoms with Crippen molar-refractivity contribution in [3.8, 4) is 0 Å². The molecule has 22 heavy (non-hydrogen) atoms. The molecule has 0 bridgehead atoms. The quantitative estimate of drug-likeness (QED) is 0.683. The molecule has 2 heterocycles. The van der Waals surface area contributed by atoms with Crippen LogP contribution < -0.4 is 0 Å². The first kappa shape index (κ1) is 19.8. The normalized spacial score (nSPS) is 32.9. The molecule has 0 aromatic rings. The Morgan fingerprint density at radius 1 is 0.955 bits per heavy atom. The van der Waals surface area contributed by atoms with Crippen molar-refractivity contribution in [1.29, 1.82) is 0 Å². The number of aliphatic hydroxyl groups is 3. The third kappa shape index (κ3) is 5.73. The van der Waals surface area contributed by atoms with Gasteiger partial charge in [-0.2, -0.15) is 0 Å². The van der Waals surface area contributed by atoms with E-state index in [4.69, 9.17) is 29.2 Å². The number of aliphatic hydroxyl groups excluding tert-OH is 3. The van der Waals surface area contributed by atoms with Crippen LogP contribution in [0.15, 0.2) is 0 Å². The summed E-state index contributed by atoms with van der Waals surface area (Å²) in [7, 11) is 0. The molecule has 0 aromatic carbocycles. The molecule has 7 nitrogen and oxygen atoms in total. The van der Waals surface area contributed by atoms with E-state index in [1.54, 1.807) is 6.92 Å². The van der Waals surface area contributed by atoms with E-state index < -0.39 is 11.6 Å². The van der Waals surface area contributed by atoms with Gasteiger partial charge in [-0.05, 0) is 27.7 Å². The second-order valence-electron chi connectivity index (χ2n) is 6.66. The third-order valence-corrected chi connectivity index (χ3v) is 3.42. The maximum atomic E-state index is 9.26. The van der Waals surface area contributed by atoms with Crippen LogP contribution >= 0.6 is 0 Å². The predicted molar refractivity (Wildman–Crippen MR) is 79.2 cm³/mol. The fourth-order valence-corrected chi connectivity index (χ4v) is 2.25. The van der Waals surface area contributed by atoms with Crippen molar-refractivity contribution in [1.82, 2.24) is 0 Å². The first-order chi connectivity index (χ1) is 10.1. The highest BCUT2D eigenvalue weighted by Gasteiger charge is 2.49. The van der Waals surface area contributed by atoms with Crippen molar-refractivity contribution in [2.45, 2.75) is 64.5 Å². The molecule has 0 aliphatic carbocycles. The van der Waals surface area contributed by atoms with E-state index in [2.05, 4.69) is 0 Å². The van der Waals surface area contributed by atoms with Gasteiger partial charge in [-0.25, -0.2) is 0 Å². The monoisotopic (exact) mass is 322 g/mol. The van der Waals surface area contributed by atoms with Gasteiger partial charge in [-0.3, -0.25) is 0 Å². The Hall–Kier alpha value is -0.280. The third-order valence-electron chi connectivity index (χ3n) is 3.42. The molecule has 0 saturated carbocycles. The molecular weight excluding hydrogens is 292 g/mol. The fourth-order valence-electron chi connectivity index (χ4n) is 2.25. The zero-order valence-electron chi connectivity index (χ0n) is 14.1. The van der Waals surface area contributed by atoms with Crippen LogP contribution in [0.1, 0.15) is 34.6 Å². The summed E-state index contributed by atoms with van der Waals surface area (Å²) in [6, 6.07) is 0. The molecule has 132 valence electrons. The Balaban J connectivity index is 0.000000346. The Kier molecular flexibility index (Phi) is 7.20. The van der Waals surface area contributed by atoms with Crippen LogP contribution in [0.25, 0.3) is 0 Å². The molecular formula is C15H30O7. The zero-order chi connectivity index (χ0) is 17.0. The van der Waals surface area contributed by atoms with Crippen molar-refractivity contribution >= 4 is 0 Å². The highest BCUT2D eigenvalue weighted by molar-refractivity contribution is 4.90. The summed E-state index contributed by atoms with van der Waals surface area (Å²) in [6.07, 6.45) is -0.812. The minimum atomic E-state index is -0.672. The van der Waals surface area contributed by atoms with Crippen molar-refractivity contribution in [2.24, 2.45) is 5.92 Å². The first-order valence-corrected chi connectivity index (χ1v) is 7.64. The van der Waals surface area contributed by atoms with Crippen LogP contribution in [0.3, 0.4) is 0 Å². The van der Waals surface area contributed by atoms with Gasteiger partial charge in [-0.15, -0.1) is 0 Å². The molecule has 2 aliphatic heterocycles. The molecule has 2 rings (SSSR count). The topological polar surface area (TPSA) is 97.6 Å². The van der Waals surface area contributed by atoms with E-state index in [9.17, 15) is 5.11 Å². The Morgan fingerprint density at radius 2 is 1.55 bits per heavy atom. The molecule has 3 atom stereocenters. The van der Waals surface area contributed by atoms with Gasteiger partial charge in [0.2, 0.25) is 0 Å². The summed E-state index contributed by atoms with van der Waals surface area (Å²) in [6.45, 7) is 9.71. The molecule has 0 aromatic heterocycles. The van der Waals surface area contributed by atoms with Gasteiger partial charge in [0.1, 0.15) is 18.3 Å². The summed E-state index contributed by atoms with van der Waals surface area (Å²) in [5.41, 5.74) is 0. The molecule has 0 amide bonds. The van der Waals surface area contributed by atoms with E-state index >= 15 is 0 Å². The lowest BCUT2D eigenvalue weighted by Crippen LogP contribution is -2.39. The van der Waals surface area contributed by atoms with Gasteiger partial charge in [-0.1, -0.05) is 6.92 Å². The lowest BCUT2D eigenvalue weighted by molar-refractivity contribution is -0.175. The molecule has 2 saturated heterocycles. The molecule has 3 unspecified atom stereocenters. The van der Waals surface area contributed by atoms with Crippen molar-refractivity contribution in [3.63, 3.8) is 0 Å². The zero-order valence-corrected chi connectivity index (χ0v) is 14.1. The molecule has 0 spiro atoms. The van der Waals surface area contributed by atoms with Crippen molar-refractivity contribution < 1.29 is 34.3 Å². The minimum absolute atomic E-state index is 0.0463. The van der Waals surface area contributed by atoms with Crippen LogP contribution in [0.2, 0.25) is 0 Å². The van der Waals surface area contributed by atoms with E-state index in [1.807, 2.05) is 27.7 Å². The average Bonchev–Trinajstić information content (AvgIpc) is 2.97. The number of hydrogen-bond acceptors (Lipinski definition) is 7. The highest BCUT2D eigenvalue weighted by atomic mass is 16.8. The largest absolute Gasteiger partial charge is 0.396 e. The molecule has 2 fully saturated rings. The Morgan fingerprint density at radius 3 is 1.91 bits per heavy atom. The van der Waals surface area contributed by atoms with Crippen LogP contribution in [0.4, 0.5) is 0 Å². The average molecular weight is 322 g/mol. The van der Waals surface area contributed by atoms with Gasteiger partial charge in [0.25, 0.3) is 0 Å². The number of rotatable bonds is 4. The van der Waals surface area contributed by atoms with Crippen LogP contribution in [-0.4, -0.2) is 71.6 Å². The lowest BCUT2D eigenvalue weighted by Gasteiger charge is -2.23. The highest BCUT2D eigenvalue weighted by Crippen LogP contribution is 2.35. The standard InChI is InChI=1S/C11H20O5.C4H10O2/c1-10(2)13-6-8(15-10)9-7(5-12)14-11(3,4)16-9;1-4(2-5)3-6/h7-9,12H,5-6H2,1-4H3;4-6H,2-3H2,1H3. The van der Waals surface area contributed by atoms with E-state index in [0.717, 1.165) is 0 Å². The second-order valence-corrected chi connectivity index (χ2v) is 6.66. The number of hydrogen-bond donors (Lipinski definition) is 3. The van der Waals surface area contributed by atoms with Gasteiger partial charge in [0.05, 0.1) is 13.2 Å². The lowest BCUT2D eigenvalue weighted by atomic mass is 10.1. The van der Waals surface area contributed by atoms with E-state index in [1.165, 1.54) is 0 Å². The maximum Gasteiger partial charge on any atom is 0.164 e. The Labute approximate surface area is 132 Å². The summed E-state index contributed by atoms with van der Waals surface area (Å²) >= 11 is 0. The van der Waals surface area contributed by atoms with E-state index in [0.29, 0.717) is 6.61 Å². The summed E-state index contributed by atoms with van der Waals surface area (Å²) in [5.74, 6) is -1.21. The van der Waals surface area contributed by atoms with Gasteiger partial charge >= 0.3 is 0 Å². The van der Waals surface area contributed by atoms with Crippen molar-refractivity contribution in [2.75, 3.05) is 26.4 Å². The van der Waals surface area contributed by atoms with Crippen LogP contribution in [0.5, 0.6) is 0 Å². The molecule has 2 aliphatic rings. The SMILES string of the molecule is CC(CO)CO.CC1(C)OCC(C2OC(C)(C)OC2CO)O1. The van der Waals surface area contributed by atoms with Gasteiger partial charge in [0.15, 0.2) is 11.6 Å². The van der Waals surface area contributed by atoms with Gasteiger partial charge in [0, 0.05) is 19.1 Å². The summed E-state index contributed by atoms with van der Waals surface area (Å²) in [4.78, 5) is 0. The Bertz CT molecular complexity index is 328. The van der Waals surface area contributed by atoms with E-state index in [-0.39, 0.29) is 44.1 Å². The molecule has 7 heteroatoms. The summed E-state index contributed by atoms with van der Waals surface area (Å²) < 4.78 is 22.5. The molecule has 3 N–H and O–H groups in total. The van der Waals surface area contributed by atoms with Gasteiger partial charge < -0.3 is 34.3 Å². The predicted octanol–water partition coefficient (Wildman–Crippen LogP) is 0.257. The maximum absolute atomic E-state index is 9.26. The number of ether oxygens (including phenoxy) is 4. The summed E-state index contributed by atoms with van der Waals surface area (Å²) in [5, 5.41) is 25.6. The van der Waals surface area contributed by atoms with Crippen molar-refractivity contribution in [3.05, 3.63) is 0 Å². The molecule has 0 radical (unpaired) electrons. The minimum Gasteiger partial charge on any atom is -0.396 e. The first-order valence-electron chi connectivity index (χ1n) is 7.64.